The second kappa shape index (κ2) is 7.55. The van der Waals surface area contributed by atoms with E-state index in [-0.39, 0.29) is 29.6 Å². The molecule has 24 heavy (non-hydrogen) atoms. The van der Waals surface area contributed by atoms with Gasteiger partial charge >= 0.3 is 0 Å². The number of hydrogen-bond donors (Lipinski definition) is 0. The Morgan fingerprint density at radius 3 is 2.75 bits per heavy atom. The van der Waals surface area contributed by atoms with Crippen molar-refractivity contribution in [1.29, 1.82) is 0 Å². The van der Waals surface area contributed by atoms with Crippen molar-refractivity contribution in [2.75, 3.05) is 25.9 Å². The molecule has 0 aliphatic carbocycles. The lowest BCUT2D eigenvalue weighted by Crippen LogP contribution is -2.45. The number of carbonyl (C=O) groups excluding carboxylic acids is 2. The van der Waals surface area contributed by atoms with Crippen LogP contribution in [0.3, 0.4) is 0 Å². The van der Waals surface area contributed by atoms with Crippen LogP contribution in [0, 0.1) is 11.7 Å². The van der Waals surface area contributed by atoms with Gasteiger partial charge in [0.25, 0.3) is 0 Å². The third-order valence-corrected chi connectivity index (χ3v) is 5.99. The van der Waals surface area contributed by atoms with Crippen molar-refractivity contribution in [1.82, 2.24) is 9.80 Å². The lowest BCUT2D eigenvalue weighted by atomic mass is 9.95. The van der Waals surface area contributed by atoms with Gasteiger partial charge in [0, 0.05) is 44.1 Å². The molecule has 130 valence electrons. The number of amides is 2. The van der Waals surface area contributed by atoms with Crippen LogP contribution in [0.4, 0.5) is 4.39 Å². The highest BCUT2D eigenvalue weighted by atomic mass is 32.2. The average molecular weight is 350 g/mol. The molecule has 2 atom stereocenters. The topological polar surface area (TPSA) is 40.6 Å². The maximum Gasteiger partial charge on any atom is 0.227 e. The van der Waals surface area contributed by atoms with Gasteiger partial charge in [-0.1, -0.05) is 12.1 Å². The number of benzene rings is 1. The summed E-state index contributed by atoms with van der Waals surface area (Å²) in [5, 5.41) is 0. The molecule has 6 heteroatoms. The highest BCUT2D eigenvalue weighted by Gasteiger charge is 2.39. The molecule has 3 saturated heterocycles. The molecule has 2 bridgehead atoms. The molecule has 0 radical (unpaired) electrons. The zero-order chi connectivity index (χ0) is 17.1. The Bertz CT molecular complexity index is 608. The van der Waals surface area contributed by atoms with Crippen LogP contribution < -0.4 is 0 Å². The van der Waals surface area contributed by atoms with Crippen molar-refractivity contribution < 1.29 is 14.0 Å². The number of likely N-dealkylation sites (N-methyl/N-ethyl adjacent to an activating group) is 1. The van der Waals surface area contributed by atoms with Gasteiger partial charge in [0.05, 0.1) is 5.92 Å². The summed E-state index contributed by atoms with van der Waals surface area (Å²) in [5.74, 6) is 1.60. The van der Waals surface area contributed by atoms with E-state index in [4.69, 9.17) is 0 Å². The molecule has 2 amide bonds. The largest absolute Gasteiger partial charge is 0.341 e. The maximum atomic E-state index is 12.9. The quantitative estimate of drug-likeness (QED) is 0.766. The molecule has 0 spiro atoms. The van der Waals surface area contributed by atoms with Crippen LogP contribution in [-0.4, -0.2) is 53.5 Å². The molecule has 3 aliphatic heterocycles. The first-order chi connectivity index (χ1) is 11.5. The molecule has 0 saturated carbocycles. The number of halogens is 1. The van der Waals surface area contributed by atoms with Crippen LogP contribution in [0.25, 0.3) is 0 Å². The zero-order valence-electron chi connectivity index (χ0n) is 13.9. The van der Waals surface area contributed by atoms with E-state index in [0.717, 1.165) is 29.9 Å². The summed E-state index contributed by atoms with van der Waals surface area (Å²) in [6.07, 6.45) is 2.39. The third-order valence-electron chi connectivity index (χ3n) is 4.96. The van der Waals surface area contributed by atoms with E-state index in [2.05, 4.69) is 0 Å². The van der Waals surface area contributed by atoms with Gasteiger partial charge in [0.2, 0.25) is 11.8 Å². The van der Waals surface area contributed by atoms with Gasteiger partial charge < -0.3 is 9.80 Å². The van der Waals surface area contributed by atoms with Gasteiger partial charge in [0.1, 0.15) is 5.82 Å². The Labute approximate surface area is 146 Å². The van der Waals surface area contributed by atoms with Crippen LogP contribution >= 0.6 is 11.8 Å². The SMILES string of the molecule is CN1C(=O)[C@@H]2CC[C@H]1CN(C(=O)CCSCc1ccc(F)cc1)C2. The minimum absolute atomic E-state index is 0.0235. The lowest BCUT2D eigenvalue weighted by molar-refractivity contribution is -0.138. The summed E-state index contributed by atoms with van der Waals surface area (Å²) < 4.78 is 12.9. The van der Waals surface area contributed by atoms with E-state index in [1.54, 1.807) is 23.9 Å². The predicted octanol–water partition coefficient (Wildman–Crippen LogP) is 2.53. The van der Waals surface area contributed by atoms with Gasteiger partial charge in [0.15, 0.2) is 0 Å². The molecule has 1 aromatic carbocycles. The van der Waals surface area contributed by atoms with Crippen molar-refractivity contribution in [2.24, 2.45) is 5.92 Å². The number of hydrogen-bond acceptors (Lipinski definition) is 3. The Morgan fingerprint density at radius 1 is 1.25 bits per heavy atom. The molecule has 3 aliphatic rings. The van der Waals surface area contributed by atoms with Gasteiger partial charge in [-0.05, 0) is 30.5 Å². The van der Waals surface area contributed by atoms with Crippen LogP contribution in [0.1, 0.15) is 24.8 Å². The highest BCUT2D eigenvalue weighted by Crippen LogP contribution is 2.28. The molecule has 0 unspecified atom stereocenters. The van der Waals surface area contributed by atoms with E-state index < -0.39 is 0 Å². The maximum absolute atomic E-state index is 12.9. The number of fused-ring (bicyclic) bond motifs is 4. The average Bonchev–Trinajstić information content (AvgIpc) is 2.87. The van der Waals surface area contributed by atoms with E-state index in [1.165, 1.54) is 12.1 Å². The molecule has 1 aromatic rings. The minimum atomic E-state index is -0.228. The molecular formula is C18H23FN2O2S. The van der Waals surface area contributed by atoms with Crippen LogP contribution in [-0.2, 0) is 15.3 Å². The first-order valence-corrected chi connectivity index (χ1v) is 9.56. The Balaban J connectivity index is 1.45. The fourth-order valence-electron chi connectivity index (χ4n) is 3.45. The van der Waals surface area contributed by atoms with Crippen LogP contribution in [0.2, 0.25) is 0 Å². The third kappa shape index (κ3) is 3.91. The lowest BCUT2D eigenvalue weighted by Gasteiger charge is -2.32. The van der Waals surface area contributed by atoms with Crippen molar-refractivity contribution in [3.05, 3.63) is 35.6 Å². The van der Waals surface area contributed by atoms with Gasteiger partial charge in [-0.2, -0.15) is 11.8 Å². The molecule has 4 nitrogen and oxygen atoms in total. The Hall–Kier alpha value is -1.56. The second-order valence-electron chi connectivity index (χ2n) is 6.61. The summed E-state index contributed by atoms with van der Waals surface area (Å²) in [5.41, 5.74) is 1.06. The van der Waals surface area contributed by atoms with Crippen LogP contribution in [0.5, 0.6) is 0 Å². The molecular weight excluding hydrogens is 327 g/mol. The number of carbonyl (C=O) groups is 2. The van der Waals surface area contributed by atoms with Gasteiger partial charge in [-0.15, -0.1) is 0 Å². The van der Waals surface area contributed by atoms with E-state index >= 15 is 0 Å². The standard InChI is InChI=1S/C18H23FN2O2S/c1-20-16-7-4-14(18(20)23)10-21(11-16)17(22)8-9-24-12-13-2-5-15(19)6-3-13/h2-3,5-6,14,16H,4,7-12H2,1H3/t14-,16+/m1/s1. The second-order valence-corrected chi connectivity index (χ2v) is 7.71. The van der Waals surface area contributed by atoms with Gasteiger partial charge in [-0.3, -0.25) is 9.59 Å². The Morgan fingerprint density at radius 2 is 2.00 bits per heavy atom. The predicted molar refractivity (Wildman–Crippen MR) is 93.0 cm³/mol. The van der Waals surface area contributed by atoms with Crippen molar-refractivity contribution in [2.45, 2.75) is 31.1 Å². The number of piperidine rings is 1. The Kier molecular flexibility index (Phi) is 5.43. The summed E-state index contributed by atoms with van der Waals surface area (Å²) in [6.45, 7) is 1.24. The smallest absolute Gasteiger partial charge is 0.227 e. The van der Waals surface area contributed by atoms with Crippen molar-refractivity contribution in [3.63, 3.8) is 0 Å². The van der Waals surface area contributed by atoms with Crippen molar-refractivity contribution in [3.8, 4) is 0 Å². The fourth-order valence-corrected chi connectivity index (χ4v) is 4.34. The summed E-state index contributed by atoms with van der Waals surface area (Å²) in [7, 11) is 1.85. The minimum Gasteiger partial charge on any atom is -0.341 e. The summed E-state index contributed by atoms with van der Waals surface area (Å²) in [4.78, 5) is 28.3. The van der Waals surface area contributed by atoms with E-state index in [9.17, 15) is 14.0 Å². The first-order valence-electron chi connectivity index (χ1n) is 8.41. The zero-order valence-corrected chi connectivity index (χ0v) is 14.7. The summed E-state index contributed by atoms with van der Waals surface area (Å²) in [6, 6.07) is 6.64. The molecule has 3 fully saturated rings. The van der Waals surface area contributed by atoms with Crippen molar-refractivity contribution >= 4 is 23.6 Å². The summed E-state index contributed by atoms with van der Waals surface area (Å²) >= 11 is 1.68. The van der Waals surface area contributed by atoms with Gasteiger partial charge in [-0.25, -0.2) is 4.39 Å². The molecule has 3 heterocycles. The number of nitrogens with zero attached hydrogens (tertiary/aromatic N) is 2. The van der Waals surface area contributed by atoms with E-state index in [0.29, 0.717) is 19.5 Å². The van der Waals surface area contributed by atoms with E-state index in [1.807, 2.05) is 16.8 Å². The number of rotatable bonds is 5. The van der Waals surface area contributed by atoms with Crippen LogP contribution in [0.15, 0.2) is 24.3 Å². The molecule has 4 rings (SSSR count). The molecule has 0 aromatic heterocycles. The fraction of sp³-hybridized carbons (Fsp3) is 0.556. The number of thioether (sulfide) groups is 1. The normalized spacial score (nSPS) is 23.5. The highest BCUT2D eigenvalue weighted by molar-refractivity contribution is 7.98. The molecule has 0 N–H and O–H groups in total. The first kappa shape index (κ1) is 17.3. The monoisotopic (exact) mass is 350 g/mol.